The second-order valence-electron chi connectivity index (χ2n) is 4.61. The first kappa shape index (κ1) is 11.4. The Hall–Kier alpha value is -1.04. The lowest BCUT2D eigenvalue weighted by atomic mass is 9.89. The van der Waals surface area contributed by atoms with Crippen LogP contribution in [-0.4, -0.2) is 0 Å². The minimum Gasteiger partial charge on any atom is -0.0804 e. The molecule has 0 nitrogen and oxygen atoms in total. The Bertz CT molecular complexity index is 388. The Labute approximate surface area is 99.4 Å². The minimum atomic E-state index is 0.616. The predicted octanol–water partition coefficient (Wildman–Crippen LogP) is 4.96. The molecule has 0 heterocycles. The molecule has 0 aromatic heterocycles. The Kier molecular flexibility index (Phi) is 3.48. The maximum atomic E-state index is 2.51. The van der Waals surface area contributed by atoms with Crippen LogP contribution in [0.1, 0.15) is 46.5 Å². The molecular weight excluding hydrogens is 192 g/mol. The van der Waals surface area contributed by atoms with Gasteiger partial charge in [0.25, 0.3) is 0 Å². The highest BCUT2D eigenvalue weighted by atomic mass is 14.3. The highest BCUT2D eigenvalue weighted by Gasteiger charge is 2.25. The highest BCUT2D eigenvalue weighted by Crippen LogP contribution is 2.41. The molecule has 16 heavy (non-hydrogen) atoms. The van der Waals surface area contributed by atoms with E-state index in [1.807, 2.05) is 0 Å². The van der Waals surface area contributed by atoms with Crippen LogP contribution in [0.15, 0.2) is 46.6 Å². The van der Waals surface area contributed by atoms with Crippen LogP contribution >= 0.6 is 0 Å². The lowest BCUT2D eigenvalue weighted by Crippen LogP contribution is -2.01. The molecular formula is C16H22. The van der Waals surface area contributed by atoms with Gasteiger partial charge in [-0.25, -0.2) is 0 Å². The number of rotatable bonds is 4. The zero-order valence-corrected chi connectivity index (χ0v) is 10.7. The van der Waals surface area contributed by atoms with Crippen molar-refractivity contribution in [3.05, 3.63) is 46.6 Å². The van der Waals surface area contributed by atoms with Crippen LogP contribution in [-0.2, 0) is 0 Å². The van der Waals surface area contributed by atoms with Crippen LogP contribution in [0.3, 0.4) is 0 Å². The second kappa shape index (κ2) is 4.86. The smallest absolute Gasteiger partial charge is 0.0204 e. The van der Waals surface area contributed by atoms with Gasteiger partial charge in [0.15, 0.2) is 0 Å². The van der Waals surface area contributed by atoms with Crippen LogP contribution in [0.25, 0.3) is 0 Å². The fourth-order valence-electron chi connectivity index (χ4n) is 3.04. The molecule has 0 aromatic carbocycles. The molecule has 0 saturated heterocycles. The van der Waals surface area contributed by atoms with E-state index in [2.05, 4.69) is 45.1 Å². The Morgan fingerprint density at radius 2 is 1.94 bits per heavy atom. The maximum Gasteiger partial charge on any atom is 0.0204 e. The summed E-state index contributed by atoms with van der Waals surface area (Å²) in [6.45, 7) is 6.87. The van der Waals surface area contributed by atoms with Crippen LogP contribution < -0.4 is 0 Å². The van der Waals surface area contributed by atoms with E-state index in [4.69, 9.17) is 0 Å². The summed E-state index contributed by atoms with van der Waals surface area (Å²) in [6, 6.07) is 0. The number of allylic oxidation sites excluding steroid dienone is 8. The van der Waals surface area contributed by atoms with Gasteiger partial charge in [0.05, 0.1) is 0 Å². The first-order chi connectivity index (χ1) is 7.81. The Morgan fingerprint density at radius 3 is 2.44 bits per heavy atom. The fraction of sp³-hybridized carbons (Fsp3) is 0.500. The number of hydrogen-bond donors (Lipinski definition) is 0. The minimum absolute atomic E-state index is 0.616. The molecule has 2 rings (SSSR count). The van der Waals surface area contributed by atoms with E-state index >= 15 is 0 Å². The van der Waals surface area contributed by atoms with Gasteiger partial charge < -0.3 is 0 Å². The van der Waals surface area contributed by atoms with Gasteiger partial charge >= 0.3 is 0 Å². The molecule has 1 unspecified atom stereocenters. The number of hydrogen-bond acceptors (Lipinski definition) is 0. The molecule has 0 saturated carbocycles. The lowest BCUT2D eigenvalue weighted by molar-refractivity contribution is 0.820. The SMILES string of the molecule is CCC1=CC(C2=CC=CC2)C(CC)=C1CC. The van der Waals surface area contributed by atoms with Crippen molar-refractivity contribution in [1.29, 1.82) is 0 Å². The lowest BCUT2D eigenvalue weighted by Gasteiger charge is -2.15. The molecule has 0 amide bonds. The third-order valence-electron chi connectivity index (χ3n) is 3.83. The molecule has 86 valence electrons. The fourth-order valence-corrected chi connectivity index (χ4v) is 3.04. The normalized spacial score (nSPS) is 24.1. The van der Waals surface area contributed by atoms with E-state index in [0.717, 1.165) is 6.42 Å². The van der Waals surface area contributed by atoms with Gasteiger partial charge in [-0.2, -0.15) is 0 Å². The van der Waals surface area contributed by atoms with Gasteiger partial charge in [0.1, 0.15) is 0 Å². The third-order valence-corrected chi connectivity index (χ3v) is 3.83. The zero-order valence-electron chi connectivity index (χ0n) is 10.7. The van der Waals surface area contributed by atoms with Crippen molar-refractivity contribution >= 4 is 0 Å². The summed E-state index contributed by atoms with van der Waals surface area (Å²) in [7, 11) is 0. The van der Waals surface area contributed by atoms with Crippen molar-refractivity contribution in [3.8, 4) is 0 Å². The van der Waals surface area contributed by atoms with Gasteiger partial charge in [0, 0.05) is 5.92 Å². The summed E-state index contributed by atoms with van der Waals surface area (Å²) in [5.41, 5.74) is 6.50. The molecule has 0 aromatic rings. The second-order valence-corrected chi connectivity index (χ2v) is 4.61. The van der Waals surface area contributed by atoms with Crippen LogP contribution in [0, 0.1) is 5.92 Å². The van der Waals surface area contributed by atoms with Gasteiger partial charge in [-0.1, -0.05) is 56.2 Å². The average Bonchev–Trinajstić information content (AvgIpc) is 2.94. The Morgan fingerprint density at radius 1 is 1.12 bits per heavy atom. The van der Waals surface area contributed by atoms with Crippen molar-refractivity contribution in [2.45, 2.75) is 46.5 Å². The largest absolute Gasteiger partial charge is 0.0804 e. The molecule has 0 radical (unpaired) electrons. The van der Waals surface area contributed by atoms with E-state index in [0.29, 0.717) is 5.92 Å². The third kappa shape index (κ3) is 1.81. The maximum absolute atomic E-state index is 2.51. The quantitative estimate of drug-likeness (QED) is 0.620. The Balaban J connectivity index is 2.33. The molecule has 0 N–H and O–H groups in total. The molecule has 2 aliphatic carbocycles. The summed E-state index contributed by atoms with van der Waals surface area (Å²) < 4.78 is 0. The van der Waals surface area contributed by atoms with E-state index in [-0.39, 0.29) is 0 Å². The molecule has 0 spiro atoms. The molecule has 0 bridgehead atoms. The summed E-state index contributed by atoms with van der Waals surface area (Å²) in [5, 5.41) is 0. The summed E-state index contributed by atoms with van der Waals surface area (Å²) in [4.78, 5) is 0. The molecule has 1 atom stereocenters. The molecule has 0 heteroatoms. The first-order valence-electron chi connectivity index (χ1n) is 6.60. The molecule has 0 fully saturated rings. The van der Waals surface area contributed by atoms with Crippen molar-refractivity contribution in [3.63, 3.8) is 0 Å². The van der Waals surface area contributed by atoms with Crippen molar-refractivity contribution in [2.75, 3.05) is 0 Å². The molecule has 0 aliphatic heterocycles. The zero-order chi connectivity index (χ0) is 11.5. The van der Waals surface area contributed by atoms with Gasteiger partial charge in [0.2, 0.25) is 0 Å². The summed E-state index contributed by atoms with van der Waals surface area (Å²) in [6.07, 6.45) is 14.0. The van der Waals surface area contributed by atoms with Gasteiger partial charge in [-0.3, -0.25) is 0 Å². The monoisotopic (exact) mass is 214 g/mol. The van der Waals surface area contributed by atoms with Crippen LogP contribution in [0.2, 0.25) is 0 Å². The average molecular weight is 214 g/mol. The highest BCUT2D eigenvalue weighted by molar-refractivity contribution is 5.50. The summed E-state index contributed by atoms with van der Waals surface area (Å²) in [5.74, 6) is 0.616. The topological polar surface area (TPSA) is 0 Å². The van der Waals surface area contributed by atoms with Crippen LogP contribution in [0.5, 0.6) is 0 Å². The summed E-state index contributed by atoms with van der Waals surface area (Å²) >= 11 is 0. The predicted molar refractivity (Wildman–Crippen MR) is 71.3 cm³/mol. The van der Waals surface area contributed by atoms with Crippen LogP contribution in [0.4, 0.5) is 0 Å². The van der Waals surface area contributed by atoms with E-state index < -0.39 is 0 Å². The standard InChI is InChI=1S/C16H22/c1-4-12-11-16(13-9-7-8-10-13)15(6-3)14(12)5-2/h7-9,11,16H,4-6,10H2,1-3H3. The van der Waals surface area contributed by atoms with E-state index in [1.54, 1.807) is 22.3 Å². The van der Waals surface area contributed by atoms with E-state index in [1.165, 1.54) is 19.3 Å². The van der Waals surface area contributed by atoms with Gasteiger partial charge in [-0.05, 0) is 36.8 Å². The molecule has 2 aliphatic rings. The van der Waals surface area contributed by atoms with E-state index in [9.17, 15) is 0 Å². The van der Waals surface area contributed by atoms with Gasteiger partial charge in [-0.15, -0.1) is 0 Å². The first-order valence-corrected chi connectivity index (χ1v) is 6.60. The van der Waals surface area contributed by atoms with Crippen molar-refractivity contribution < 1.29 is 0 Å². The van der Waals surface area contributed by atoms with Crippen molar-refractivity contribution in [2.24, 2.45) is 5.92 Å². The van der Waals surface area contributed by atoms with Crippen molar-refractivity contribution in [1.82, 2.24) is 0 Å².